The predicted molar refractivity (Wildman–Crippen MR) is 124 cm³/mol. The van der Waals surface area contributed by atoms with Gasteiger partial charge in [0, 0.05) is 12.0 Å². The smallest absolute Gasteiger partial charge is 0.382 e. The van der Waals surface area contributed by atoms with Gasteiger partial charge >= 0.3 is 8.17 Å². The third kappa shape index (κ3) is 4.26. The molecule has 4 unspecified atom stereocenters. The lowest BCUT2D eigenvalue weighted by Gasteiger charge is -2.33. The van der Waals surface area contributed by atoms with E-state index in [1.807, 2.05) is 4.90 Å². The molecule has 5 rings (SSSR count). The normalized spacial score (nSPS) is 30.2. The number of anilines is 3. The molecule has 5 atom stereocenters. The molecule has 2 fully saturated rings. The molecular formula is C20H27N5O6PS+. The average molecular weight is 497 g/mol. The van der Waals surface area contributed by atoms with Gasteiger partial charge in [-0.2, -0.15) is 14.3 Å². The first-order chi connectivity index (χ1) is 15.8. The number of nitrogens with two attached hydrogens (primary N) is 1. The second-order valence-corrected chi connectivity index (χ2v) is 10.9. The van der Waals surface area contributed by atoms with Crippen molar-refractivity contribution in [3.8, 4) is 0 Å². The number of nitrogens with zero attached hydrogens (tertiary/aromatic N) is 3. The van der Waals surface area contributed by atoms with Crippen LogP contribution in [0.3, 0.4) is 0 Å². The molecule has 0 bridgehead atoms. The van der Waals surface area contributed by atoms with E-state index in [1.54, 1.807) is 11.8 Å². The summed E-state index contributed by atoms with van der Waals surface area (Å²) in [7, 11) is -2.39. The van der Waals surface area contributed by atoms with Crippen LogP contribution in [0.1, 0.15) is 25.3 Å². The van der Waals surface area contributed by atoms with E-state index in [4.69, 9.17) is 24.3 Å². The summed E-state index contributed by atoms with van der Waals surface area (Å²) in [5.74, 6) is 1.33. The van der Waals surface area contributed by atoms with Crippen molar-refractivity contribution < 1.29 is 28.3 Å². The van der Waals surface area contributed by atoms with Crippen molar-refractivity contribution in [2.24, 2.45) is 0 Å². The molecule has 0 aliphatic carbocycles. The van der Waals surface area contributed by atoms with Gasteiger partial charge in [-0.15, -0.1) is 4.52 Å². The molecule has 5 N–H and O–H groups in total. The van der Waals surface area contributed by atoms with Gasteiger partial charge in [-0.05, 0) is 23.6 Å². The molecule has 33 heavy (non-hydrogen) atoms. The lowest BCUT2D eigenvalue weighted by Crippen LogP contribution is -2.49. The molecule has 4 heterocycles. The summed E-state index contributed by atoms with van der Waals surface area (Å²) < 4.78 is 22.5. The highest BCUT2D eigenvalue weighted by atomic mass is 32.2. The summed E-state index contributed by atoms with van der Waals surface area (Å²) in [5, 5.41) is 3.40. The maximum atomic E-state index is 9.93. The lowest BCUT2D eigenvalue weighted by molar-refractivity contribution is -0.0681. The molecule has 1 aromatic heterocycles. The number of fused-ring (bicyclic) bond motifs is 2. The Morgan fingerprint density at radius 3 is 2.73 bits per heavy atom. The molecule has 0 amide bonds. The fourth-order valence-corrected chi connectivity index (χ4v) is 6.27. The SMILES string of the molecule is COC1C(N2c3ncnc(N)c3NC2Sc2ccc(C(C)C)cc2)OC2CO[P+](O)(O)O[C@H]21. The van der Waals surface area contributed by atoms with Crippen LogP contribution in [0.2, 0.25) is 0 Å². The van der Waals surface area contributed by atoms with Gasteiger partial charge in [0.1, 0.15) is 30.8 Å². The van der Waals surface area contributed by atoms with Crippen LogP contribution in [-0.2, 0) is 18.5 Å². The van der Waals surface area contributed by atoms with Gasteiger partial charge in [-0.1, -0.05) is 37.7 Å². The van der Waals surface area contributed by atoms with Crippen LogP contribution in [0.5, 0.6) is 0 Å². The fraction of sp³-hybridized carbons (Fsp3) is 0.500. The standard InChI is InChI=1S/C20H27N5O6PS/c1-10(2)11-4-6-12(7-5-11)33-20-24-14-17(21)22-9-23-18(14)25(20)19-16(28-3)15-13(30-19)8-29-32(26,27)31-15/h4-7,9-10,13,15-16,19-20,24,26-27H,8H2,1-3H3,(H2,21,22,23)/q+1/t13?,15-,16?,19?,20?/m1/s1. The third-order valence-electron chi connectivity index (χ3n) is 5.91. The highest BCUT2D eigenvalue weighted by Crippen LogP contribution is 2.59. The number of nitrogens with one attached hydrogen (secondary N) is 1. The van der Waals surface area contributed by atoms with Gasteiger partial charge in [-0.25, -0.2) is 9.97 Å². The largest absolute Gasteiger partial charge is 0.570 e. The van der Waals surface area contributed by atoms with Crippen molar-refractivity contribution in [2.45, 2.75) is 54.7 Å². The number of methoxy groups -OCH3 is 1. The number of hydrogen-bond donors (Lipinski definition) is 4. The maximum absolute atomic E-state index is 9.93. The Labute approximate surface area is 196 Å². The molecule has 11 nitrogen and oxygen atoms in total. The second-order valence-electron chi connectivity index (χ2n) is 8.32. The van der Waals surface area contributed by atoms with Gasteiger partial charge in [0.15, 0.2) is 29.5 Å². The van der Waals surface area contributed by atoms with Crippen LogP contribution in [0, 0.1) is 0 Å². The Morgan fingerprint density at radius 2 is 2.03 bits per heavy atom. The summed E-state index contributed by atoms with van der Waals surface area (Å²) >= 11 is 1.57. The summed E-state index contributed by atoms with van der Waals surface area (Å²) in [6, 6.07) is 8.38. The number of aromatic nitrogens is 2. The number of hydrogen-bond acceptors (Lipinski definition) is 12. The number of thioether (sulfide) groups is 1. The number of rotatable bonds is 5. The summed E-state index contributed by atoms with van der Waals surface area (Å²) in [6.45, 7) is 4.30. The summed E-state index contributed by atoms with van der Waals surface area (Å²) in [6.07, 6.45) is -1.13. The average Bonchev–Trinajstić information content (AvgIpc) is 3.31. The lowest BCUT2D eigenvalue weighted by atomic mass is 10.0. The van der Waals surface area contributed by atoms with Crippen LogP contribution in [0.4, 0.5) is 17.3 Å². The Hall–Kier alpha value is -1.76. The molecule has 2 aromatic rings. The Bertz CT molecular complexity index is 1010. The molecule has 0 spiro atoms. The van der Waals surface area contributed by atoms with E-state index < -0.39 is 32.7 Å². The molecule has 178 valence electrons. The van der Waals surface area contributed by atoms with Crippen molar-refractivity contribution >= 4 is 37.3 Å². The maximum Gasteiger partial charge on any atom is 0.570 e. The van der Waals surface area contributed by atoms with Gasteiger partial charge in [0.25, 0.3) is 0 Å². The molecule has 13 heteroatoms. The molecule has 2 saturated heterocycles. The predicted octanol–water partition coefficient (Wildman–Crippen LogP) is 2.31. The number of ether oxygens (including phenoxy) is 2. The third-order valence-corrected chi connectivity index (χ3v) is 8.03. The van der Waals surface area contributed by atoms with Gasteiger partial charge in [-0.3, -0.25) is 4.90 Å². The fourth-order valence-electron chi connectivity index (χ4n) is 4.23. The first-order valence-electron chi connectivity index (χ1n) is 10.5. The second kappa shape index (κ2) is 8.79. The minimum atomic E-state index is -3.92. The van der Waals surface area contributed by atoms with Crippen molar-refractivity contribution in [3.05, 3.63) is 36.2 Å². The Balaban J connectivity index is 1.47. The van der Waals surface area contributed by atoms with Crippen molar-refractivity contribution in [2.75, 3.05) is 29.7 Å². The van der Waals surface area contributed by atoms with Crippen LogP contribution in [0.15, 0.2) is 35.5 Å². The van der Waals surface area contributed by atoms with Gasteiger partial charge in [0.2, 0.25) is 0 Å². The monoisotopic (exact) mass is 496 g/mol. The van der Waals surface area contributed by atoms with Gasteiger partial charge in [0.05, 0.1) is 0 Å². The molecular weight excluding hydrogens is 469 g/mol. The zero-order valence-corrected chi connectivity index (χ0v) is 20.1. The Morgan fingerprint density at radius 1 is 1.27 bits per heavy atom. The van der Waals surface area contributed by atoms with Crippen LogP contribution < -0.4 is 16.0 Å². The van der Waals surface area contributed by atoms with Crippen LogP contribution in [-0.4, -0.2) is 63.5 Å². The van der Waals surface area contributed by atoms with E-state index in [1.165, 1.54) is 19.0 Å². The molecule has 1 aromatic carbocycles. The highest BCUT2D eigenvalue weighted by molar-refractivity contribution is 8.00. The van der Waals surface area contributed by atoms with Crippen molar-refractivity contribution in [1.82, 2.24) is 9.97 Å². The first-order valence-corrected chi connectivity index (χ1v) is 13.0. The number of nitrogen functional groups attached to an aromatic ring is 1. The molecule has 0 radical (unpaired) electrons. The zero-order valence-electron chi connectivity index (χ0n) is 18.4. The van der Waals surface area contributed by atoms with E-state index in [2.05, 4.69) is 53.4 Å². The summed E-state index contributed by atoms with van der Waals surface area (Å²) in [5.41, 5.74) is 7.66. The molecule has 3 aliphatic heterocycles. The van der Waals surface area contributed by atoms with E-state index in [-0.39, 0.29) is 12.1 Å². The van der Waals surface area contributed by atoms with E-state index >= 15 is 0 Å². The molecule has 3 aliphatic rings. The minimum absolute atomic E-state index is 0.0175. The van der Waals surface area contributed by atoms with Crippen LogP contribution in [0.25, 0.3) is 0 Å². The molecule has 0 saturated carbocycles. The van der Waals surface area contributed by atoms with Crippen molar-refractivity contribution in [3.63, 3.8) is 0 Å². The van der Waals surface area contributed by atoms with Gasteiger partial charge < -0.3 is 20.5 Å². The van der Waals surface area contributed by atoms with Crippen LogP contribution >= 0.6 is 19.9 Å². The number of benzene rings is 1. The Kier molecular flexibility index (Phi) is 6.13. The minimum Gasteiger partial charge on any atom is -0.382 e. The van der Waals surface area contributed by atoms with Crippen molar-refractivity contribution in [1.29, 1.82) is 0 Å². The summed E-state index contributed by atoms with van der Waals surface area (Å²) in [4.78, 5) is 31.4. The first kappa shape index (κ1) is 23.0. The van der Waals surface area contributed by atoms with E-state index in [0.29, 0.717) is 23.2 Å². The van der Waals surface area contributed by atoms with E-state index in [9.17, 15) is 9.79 Å². The topological polar surface area (TPSA) is 144 Å². The highest BCUT2D eigenvalue weighted by Gasteiger charge is 2.62. The van der Waals surface area contributed by atoms with E-state index in [0.717, 1.165) is 4.90 Å². The zero-order chi connectivity index (χ0) is 23.3. The quantitative estimate of drug-likeness (QED) is 0.451.